The Kier molecular flexibility index (Phi) is 4.59. The second kappa shape index (κ2) is 6.25. The van der Waals surface area contributed by atoms with Gasteiger partial charge in [0.15, 0.2) is 11.6 Å². The molecule has 0 radical (unpaired) electrons. The van der Waals surface area contributed by atoms with E-state index in [0.717, 1.165) is 18.6 Å². The first-order chi connectivity index (χ1) is 10.3. The number of nitrogens with one attached hydrogen (secondary N) is 1. The van der Waals surface area contributed by atoms with Crippen molar-refractivity contribution in [2.75, 3.05) is 0 Å². The van der Waals surface area contributed by atoms with Crippen molar-refractivity contribution in [3.8, 4) is 0 Å². The Morgan fingerprint density at radius 2 is 2.09 bits per heavy atom. The van der Waals surface area contributed by atoms with E-state index in [1.165, 1.54) is 18.2 Å². The van der Waals surface area contributed by atoms with Crippen molar-refractivity contribution in [1.82, 2.24) is 5.32 Å². The highest BCUT2D eigenvalue weighted by molar-refractivity contribution is 5.92. The van der Waals surface area contributed by atoms with Crippen LogP contribution in [-0.4, -0.2) is 23.0 Å². The number of benzene rings is 1. The summed E-state index contributed by atoms with van der Waals surface area (Å²) in [6, 6.07) is 2.87. The van der Waals surface area contributed by atoms with E-state index in [-0.39, 0.29) is 0 Å². The van der Waals surface area contributed by atoms with Gasteiger partial charge in [-0.2, -0.15) is 0 Å². The van der Waals surface area contributed by atoms with Gasteiger partial charge in [-0.3, -0.25) is 9.59 Å². The third kappa shape index (κ3) is 3.32. The Labute approximate surface area is 126 Å². The zero-order valence-corrected chi connectivity index (χ0v) is 12.1. The third-order valence-corrected chi connectivity index (χ3v) is 4.13. The van der Waals surface area contributed by atoms with E-state index in [4.69, 9.17) is 0 Å². The number of carboxylic acids is 1. The van der Waals surface area contributed by atoms with Crippen LogP contribution < -0.4 is 5.32 Å². The van der Waals surface area contributed by atoms with Crippen LogP contribution in [0.1, 0.15) is 31.7 Å². The third-order valence-electron chi connectivity index (χ3n) is 4.13. The summed E-state index contributed by atoms with van der Waals surface area (Å²) in [5.41, 5.74) is -0.618. The lowest BCUT2D eigenvalue weighted by molar-refractivity contribution is -0.148. The number of carboxylic acid groups (broad SMARTS) is 1. The van der Waals surface area contributed by atoms with Crippen LogP contribution in [0.2, 0.25) is 0 Å². The van der Waals surface area contributed by atoms with Gasteiger partial charge in [-0.15, -0.1) is 0 Å². The molecule has 6 heteroatoms. The van der Waals surface area contributed by atoms with Gasteiger partial charge in [0, 0.05) is 12.1 Å². The van der Waals surface area contributed by atoms with Crippen LogP contribution in [0.25, 0.3) is 6.08 Å². The van der Waals surface area contributed by atoms with E-state index in [2.05, 4.69) is 5.32 Å². The van der Waals surface area contributed by atoms with E-state index < -0.39 is 35.0 Å². The SMILES string of the molecule is CC1(C(=O)O)CCCC1NC(=O)/C=C/c1ccc(F)c(F)c1. The van der Waals surface area contributed by atoms with Gasteiger partial charge in [-0.1, -0.05) is 12.5 Å². The molecule has 1 amide bonds. The van der Waals surface area contributed by atoms with Crippen LogP contribution in [-0.2, 0) is 9.59 Å². The molecular weight excluding hydrogens is 292 g/mol. The van der Waals surface area contributed by atoms with Crippen LogP contribution in [0, 0.1) is 17.0 Å². The van der Waals surface area contributed by atoms with Crippen molar-refractivity contribution in [3.63, 3.8) is 0 Å². The van der Waals surface area contributed by atoms with E-state index in [0.29, 0.717) is 18.4 Å². The molecule has 0 bridgehead atoms. The van der Waals surface area contributed by atoms with E-state index >= 15 is 0 Å². The summed E-state index contributed by atoms with van der Waals surface area (Å²) >= 11 is 0. The first-order valence-corrected chi connectivity index (χ1v) is 7.00. The van der Waals surface area contributed by atoms with Crippen LogP contribution >= 0.6 is 0 Å². The minimum absolute atomic E-state index is 0.349. The quantitative estimate of drug-likeness (QED) is 0.840. The molecule has 4 nitrogen and oxygen atoms in total. The Morgan fingerprint density at radius 1 is 1.36 bits per heavy atom. The average Bonchev–Trinajstić information content (AvgIpc) is 2.83. The molecule has 0 heterocycles. The van der Waals surface area contributed by atoms with Crippen molar-refractivity contribution in [3.05, 3.63) is 41.5 Å². The van der Waals surface area contributed by atoms with Gasteiger partial charge in [-0.25, -0.2) is 8.78 Å². The summed E-state index contributed by atoms with van der Waals surface area (Å²) < 4.78 is 25.8. The van der Waals surface area contributed by atoms with Crippen LogP contribution in [0.15, 0.2) is 24.3 Å². The zero-order chi connectivity index (χ0) is 16.3. The van der Waals surface area contributed by atoms with Gasteiger partial charge in [0.1, 0.15) is 0 Å². The van der Waals surface area contributed by atoms with E-state index in [1.54, 1.807) is 6.92 Å². The number of rotatable bonds is 4. The lowest BCUT2D eigenvalue weighted by Crippen LogP contribution is -2.46. The molecule has 2 N–H and O–H groups in total. The molecule has 1 fully saturated rings. The highest BCUT2D eigenvalue weighted by Gasteiger charge is 2.45. The summed E-state index contributed by atoms with van der Waals surface area (Å²) in [5.74, 6) is -3.33. The smallest absolute Gasteiger partial charge is 0.311 e. The first kappa shape index (κ1) is 16.1. The normalized spacial score (nSPS) is 24.6. The van der Waals surface area contributed by atoms with Crippen LogP contribution in [0.4, 0.5) is 8.78 Å². The second-order valence-corrected chi connectivity index (χ2v) is 5.68. The van der Waals surface area contributed by atoms with E-state index in [1.807, 2.05) is 0 Å². The standard InChI is InChI=1S/C16H17F2NO3/c1-16(15(21)22)8-2-3-13(16)19-14(20)7-5-10-4-6-11(17)12(18)9-10/h4-7,9,13H,2-3,8H2,1H3,(H,19,20)(H,21,22)/b7-5+. The molecule has 1 aromatic rings. The molecule has 0 spiro atoms. The van der Waals surface area contributed by atoms with Gasteiger partial charge < -0.3 is 10.4 Å². The molecule has 1 saturated carbocycles. The van der Waals surface area contributed by atoms with E-state index in [9.17, 15) is 23.5 Å². The van der Waals surface area contributed by atoms with Gasteiger partial charge in [0.2, 0.25) is 5.91 Å². The Morgan fingerprint density at radius 3 is 2.73 bits per heavy atom. The highest BCUT2D eigenvalue weighted by Crippen LogP contribution is 2.38. The highest BCUT2D eigenvalue weighted by atomic mass is 19.2. The lowest BCUT2D eigenvalue weighted by Gasteiger charge is -2.27. The fourth-order valence-electron chi connectivity index (χ4n) is 2.66. The molecule has 118 valence electrons. The predicted molar refractivity (Wildman–Crippen MR) is 76.9 cm³/mol. The molecule has 1 aliphatic carbocycles. The number of carbonyl (C=O) groups excluding carboxylic acids is 1. The Balaban J connectivity index is 2.02. The second-order valence-electron chi connectivity index (χ2n) is 5.68. The molecule has 0 saturated heterocycles. The fourth-order valence-corrected chi connectivity index (χ4v) is 2.66. The summed E-state index contributed by atoms with van der Waals surface area (Å²) in [7, 11) is 0. The van der Waals surface area contributed by atoms with Crippen molar-refractivity contribution >= 4 is 18.0 Å². The lowest BCUT2D eigenvalue weighted by atomic mass is 9.85. The van der Waals surface area contributed by atoms with Crippen LogP contribution in [0.3, 0.4) is 0 Å². The molecular formula is C16H17F2NO3. The minimum atomic E-state index is -0.989. The number of hydrogen-bond donors (Lipinski definition) is 2. The first-order valence-electron chi connectivity index (χ1n) is 7.00. The summed E-state index contributed by atoms with van der Waals surface area (Å²) in [4.78, 5) is 23.2. The largest absolute Gasteiger partial charge is 0.481 e. The topological polar surface area (TPSA) is 66.4 Å². The van der Waals surface area contributed by atoms with Crippen molar-refractivity contribution in [2.24, 2.45) is 5.41 Å². The zero-order valence-electron chi connectivity index (χ0n) is 12.1. The predicted octanol–water partition coefficient (Wildman–Crippen LogP) is 2.74. The number of halogens is 2. The summed E-state index contributed by atoms with van der Waals surface area (Å²) in [6.07, 6.45) is 4.40. The molecule has 1 aliphatic rings. The number of aliphatic carboxylic acids is 1. The molecule has 0 aliphatic heterocycles. The minimum Gasteiger partial charge on any atom is -0.481 e. The van der Waals surface area contributed by atoms with Gasteiger partial charge >= 0.3 is 5.97 Å². The van der Waals surface area contributed by atoms with Crippen LogP contribution in [0.5, 0.6) is 0 Å². The average molecular weight is 309 g/mol. The van der Waals surface area contributed by atoms with Crippen molar-refractivity contribution in [1.29, 1.82) is 0 Å². The molecule has 22 heavy (non-hydrogen) atoms. The summed E-state index contributed by atoms with van der Waals surface area (Å²) in [6.45, 7) is 1.62. The monoisotopic (exact) mass is 309 g/mol. The van der Waals surface area contributed by atoms with Gasteiger partial charge in [-0.05, 0) is 43.5 Å². The molecule has 2 rings (SSSR count). The van der Waals surface area contributed by atoms with Gasteiger partial charge in [0.05, 0.1) is 5.41 Å². The number of amides is 1. The maximum atomic E-state index is 13.0. The number of carbonyl (C=O) groups is 2. The Bertz CT molecular complexity index is 630. The van der Waals surface area contributed by atoms with Gasteiger partial charge in [0.25, 0.3) is 0 Å². The number of hydrogen-bond acceptors (Lipinski definition) is 2. The van der Waals surface area contributed by atoms with Crippen molar-refractivity contribution < 1.29 is 23.5 Å². The van der Waals surface area contributed by atoms with Crippen molar-refractivity contribution in [2.45, 2.75) is 32.2 Å². The molecule has 0 aromatic heterocycles. The molecule has 2 atom stereocenters. The summed E-state index contributed by atoms with van der Waals surface area (Å²) in [5, 5.41) is 11.9. The fraction of sp³-hybridized carbons (Fsp3) is 0.375. The molecule has 1 aromatic carbocycles. The maximum absolute atomic E-state index is 13.0. The Hall–Kier alpha value is -2.24. The maximum Gasteiger partial charge on any atom is 0.311 e. The molecule has 2 unspecified atom stereocenters.